The predicted molar refractivity (Wildman–Crippen MR) is 138 cm³/mol. The van der Waals surface area contributed by atoms with E-state index in [0.29, 0.717) is 41.2 Å². The van der Waals surface area contributed by atoms with Crippen LogP contribution in [0, 0.1) is 17.1 Å². The van der Waals surface area contributed by atoms with E-state index in [-0.39, 0.29) is 28.9 Å². The molecule has 9 heteroatoms. The number of carbonyl (C=O) groups is 1. The number of aromatic nitrogens is 3. The van der Waals surface area contributed by atoms with Crippen molar-refractivity contribution in [3.05, 3.63) is 78.3 Å². The zero-order valence-electron chi connectivity index (χ0n) is 20.3. The number of allylic oxidation sites excluding steroid dienone is 1. The molecule has 1 fully saturated rings. The average molecular weight is 497 g/mol. The number of likely N-dealkylation sites (tertiary alicyclic amines) is 1. The number of piperidine rings is 1. The Balaban J connectivity index is 1.52. The Morgan fingerprint density at radius 3 is 2.76 bits per heavy atom. The van der Waals surface area contributed by atoms with Crippen LogP contribution in [0.1, 0.15) is 25.8 Å². The van der Waals surface area contributed by atoms with E-state index < -0.39 is 5.82 Å². The van der Waals surface area contributed by atoms with Crippen molar-refractivity contribution in [3.63, 3.8) is 0 Å². The summed E-state index contributed by atoms with van der Waals surface area (Å²) in [5, 5.41) is 14.6. The fourth-order valence-electron chi connectivity index (χ4n) is 4.70. The van der Waals surface area contributed by atoms with Crippen LogP contribution in [-0.4, -0.2) is 38.7 Å². The van der Waals surface area contributed by atoms with Crippen LogP contribution >= 0.6 is 0 Å². The molecular weight excluding hydrogens is 471 g/mol. The highest BCUT2D eigenvalue weighted by atomic mass is 19.1. The van der Waals surface area contributed by atoms with E-state index >= 15 is 4.39 Å². The fourth-order valence-corrected chi connectivity index (χ4v) is 4.70. The summed E-state index contributed by atoms with van der Waals surface area (Å²) in [4.78, 5) is 18.7. The van der Waals surface area contributed by atoms with E-state index in [1.165, 1.54) is 12.1 Å². The number of fused-ring (bicyclic) bond motifs is 1. The molecule has 1 aliphatic heterocycles. The van der Waals surface area contributed by atoms with Gasteiger partial charge in [-0.15, -0.1) is 0 Å². The number of hydrogen-bond donors (Lipinski definition) is 1. The Morgan fingerprint density at radius 1 is 1.22 bits per heavy atom. The molecule has 37 heavy (non-hydrogen) atoms. The zero-order valence-corrected chi connectivity index (χ0v) is 20.3. The van der Waals surface area contributed by atoms with E-state index in [1.807, 2.05) is 24.3 Å². The van der Waals surface area contributed by atoms with Gasteiger partial charge in [0.25, 0.3) is 5.91 Å². The van der Waals surface area contributed by atoms with Gasteiger partial charge in [-0.1, -0.05) is 24.3 Å². The van der Waals surface area contributed by atoms with Crippen molar-refractivity contribution in [3.8, 4) is 28.8 Å². The minimum atomic E-state index is -0.504. The van der Waals surface area contributed by atoms with Gasteiger partial charge in [0, 0.05) is 30.9 Å². The average Bonchev–Trinajstić information content (AvgIpc) is 3.31. The number of rotatable bonds is 5. The molecule has 3 heterocycles. The van der Waals surface area contributed by atoms with Crippen molar-refractivity contribution < 1.29 is 13.9 Å². The largest absolute Gasteiger partial charge is 0.457 e. The van der Waals surface area contributed by atoms with Crippen LogP contribution < -0.4 is 10.5 Å². The second kappa shape index (κ2) is 10.1. The van der Waals surface area contributed by atoms with Crippen LogP contribution in [0.3, 0.4) is 0 Å². The quantitative estimate of drug-likeness (QED) is 0.299. The maximum atomic E-state index is 15.4. The predicted octanol–water partition coefficient (Wildman–Crippen LogP) is 5.25. The molecule has 2 aromatic heterocycles. The van der Waals surface area contributed by atoms with Crippen molar-refractivity contribution in [1.82, 2.24) is 19.7 Å². The summed E-state index contributed by atoms with van der Waals surface area (Å²) in [7, 11) is 0. The summed E-state index contributed by atoms with van der Waals surface area (Å²) in [5.41, 5.74) is 7.71. The number of halogens is 1. The number of nitrogens with zero attached hydrogens (tertiary/aromatic N) is 5. The molecule has 8 nitrogen and oxygen atoms in total. The first-order valence-corrected chi connectivity index (χ1v) is 12.0. The topological polar surface area (TPSA) is 110 Å². The van der Waals surface area contributed by atoms with E-state index in [4.69, 9.17) is 15.6 Å². The number of nitrogen functional groups attached to an aromatic ring is 1. The molecular formula is C28H25FN6O2. The standard InChI is InChI=1S/C28H25FN6O2/c1-2-18(16-30)28(36)34-14-6-7-19(17-34)35-24-12-13-32-27(31)25(24)26(33-35)22-11-10-21(15-23(22)29)37-20-8-4-3-5-9-20/h2-5,8-13,15,19H,6-7,14,17H2,1H3,(H2,31,32)/b18-2+/t19-/m1/s1. The van der Waals surface area contributed by atoms with Gasteiger partial charge < -0.3 is 15.4 Å². The smallest absolute Gasteiger partial charge is 0.264 e. The van der Waals surface area contributed by atoms with Gasteiger partial charge in [0.05, 0.1) is 16.9 Å². The first-order valence-electron chi connectivity index (χ1n) is 12.0. The molecule has 1 saturated heterocycles. The lowest BCUT2D eigenvalue weighted by Gasteiger charge is -2.33. The van der Waals surface area contributed by atoms with Crippen LogP contribution in [0.25, 0.3) is 22.2 Å². The van der Waals surface area contributed by atoms with Crippen molar-refractivity contribution in [2.24, 2.45) is 0 Å². The summed E-state index contributed by atoms with van der Waals surface area (Å²) in [6.45, 7) is 2.61. The molecule has 0 bridgehead atoms. The molecule has 0 spiro atoms. The molecule has 186 valence electrons. The maximum Gasteiger partial charge on any atom is 0.264 e. The SMILES string of the molecule is C/C=C(\C#N)C(=O)N1CCC[C@@H](n2nc(-c3ccc(Oc4ccccc4)cc3F)c3c(N)nccc32)C1. The number of nitrogens with two attached hydrogens (primary N) is 1. The Morgan fingerprint density at radius 2 is 2.03 bits per heavy atom. The number of carbonyl (C=O) groups excluding carboxylic acids is 1. The third-order valence-electron chi connectivity index (χ3n) is 6.49. The first kappa shape index (κ1) is 24.0. The van der Waals surface area contributed by atoms with Crippen molar-refractivity contribution in [1.29, 1.82) is 5.26 Å². The fraction of sp³-hybridized carbons (Fsp3) is 0.214. The van der Waals surface area contributed by atoms with Crippen molar-refractivity contribution >= 4 is 22.6 Å². The maximum absolute atomic E-state index is 15.4. The van der Waals surface area contributed by atoms with Gasteiger partial charge in [-0.2, -0.15) is 10.4 Å². The Labute approximate surface area is 213 Å². The van der Waals surface area contributed by atoms with Crippen LogP contribution in [0.4, 0.5) is 10.2 Å². The normalized spacial score (nSPS) is 16.0. The molecule has 0 saturated carbocycles. The second-order valence-corrected chi connectivity index (χ2v) is 8.80. The third-order valence-corrected chi connectivity index (χ3v) is 6.49. The highest BCUT2D eigenvalue weighted by Crippen LogP contribution is 2.37. The number of benzene rings is 2. The number of hydrogen-bond acceptors (Lipinski definition) is 6. The van der Waals surface area contributed by atoms with Gasteiger partial charge in [-0.05, 0) is 50.1 Å². The summed E-state index contributed by atoms with van der Waals surface area (Å²) in [6, 6.07) is 17.4. The minimum Gasteiger partial charge on any atom is -0.457 e. The van der Waals surface area contributed by atoms with E-state index in [2.05, 4.69) is 4.98 Å². The van der Waals surface area contributed by atoms with Gasteiger partial charge >= 0.3 is 0 Å². The Bertz CT molecular complexity index is 1540. The zero-order chi connectivity index (χ0) is 25.9. The summed E-state index contributed by atoms with van der Waals surface area (Å²) in [5.74, 6) is 0.405. The van der Waals surface area contributed by atoms with Gasteiger partial charge in [0.15, 0.2) is 0 Å². The van der Waals surface area contributed by atoms with Crippen LogP contribution in [0.2, 0.25) is 0 Å². The summed E-state index contributed by atoms with van der Waals surface area (Å²) < 4.78 is 23.0. The van der Waals surface area contributed by atoms with Gasteiger partial charge in [-0.25, -0.2) is 9.37 Å². The van der Waals surface area contributed by atoms with Crippen LogP contribution in [-0.2, 0) is 4.79 Å². The van der Waals surface area contributed by atoms with E-state index in [9.17, 15) is 10.1 Å². The van der Waals surface area contributed by atoms with Crippen molar-refractivity contribution in [2.75, 3.05) is 18.8 Å². The van der Waals surface area contributed by atoms with E-state index in [0.717, 1.165) is 12.8 Å². The Kier molecular flexibility index (Phi) is 6.56. The van der Waals surface area contributed by atoms with Crippen LogP contribution in [0.5, 0.6) is 11.5 Å². The van der Waals surface area contributed by atoms with Crippen molar-refractivity contribution in [2.45, 2.75) is 25.8 Å². The molecule has 2 aromatic carbocycles. The number of pyridine rings is 1. The number of ether oxygens (including phenoxy) is 1. The summed E-state index contributed by atoms with van der Waals surface area (Å²) >= 11 is 0. The molecule has 5 rings (SSSR count). The highest BCUT2D eigenvalue weighted by molar-refractivity contribution is 6.00. The molecule has 1 atom stereocenters. The van der Waals surface area contributed by atoms with Gasteiger partial charge in [-0.3, -0.25) is 9.48 Å². The molecule has 1 aliphatic rings. The lowest BCUT2D eigenvalue weighted by atomic mass is 10.0. The first-order chi connectivity index (χ1) is 18.0. The molecule has 0 unspecified atom stereocenters. The highest BCUT2D eigenvalue weighted by Gasteiger charge is 2.29. The minimum absolute atomic E-state index is 0.111. The van der Waals surface area contributed by atoms with Gasteiger partial charge in [0.1, 0.15) is 40.5 Å². The van der Waals surface area contributed by atoms with Gasteiger partial charge in [0.2, 0.25) is 0 Å². The number of nitriles is 1. The molecule has 1 amide bonds. The molecule has 0 radical (unpaired) electrons. The van der Waals surface area contributed by atoms with Crippen LogP contribution in [0.15, 0.2) is 72.4 Å². The number of para-hydroxylation sites is 1. The third kappa shape index (κ3) is 4.61. The molecule has 0 aliphatic carbocycles. The lowest BCUT2D eigenvalue weighted by Crippen LogP contribution is -2.41. The summed E-state index contributed by atoms with van der Waals surface area (Å²) in [6.07, 6.45) is 4.63. The second-order valence-electron chi connectivity index (χ2n) is 8.80. The monoisotopic (exact) mass is 496 g/mol. The Hall–Kier alpha value is -4.71. The lowest BCUT2D eigenvalue weighted by molar-refractivity contribution is -0.128. The molecule has 4 aromatic rings. The molecule has 2 N–H and O–H groups in total. The number of amides is 1. The van der Waals surface area contributed by atoms with E-state index in [1.54, 1.807) is 53.0 Å². The number of anilines is 1.